The van der Waals surface area contributed by atoms with Gasteiger partial charge in [-0.2, -0.15) is 0 Å². The second kappa shape index (κ2) is 7.81. The molecular weight excluding hydrogens is 266 g/mol. The van der Waals surface area contributed by atoms with Crippen LogP contribution in [0.15, 0.2) is 29.2 Å². The SMILES string of the molecule is CCCCS(=O)(=O)NCCc1ccc(SC)cc1. The van der Waals surface area contributed by atoms with E-state index in [9.17, 15) is 8.42 Å². The molecule has 0 unspecified atom stereocenters. The third kappa shape index (κ3) is 5.89. The maximum atomic E-state index is 11.6. The summed E-state index contributed by atoms with van der Waals surface area (Å²) in [6.45, 7) is 2.47. The minimum Gasteiger partial charge on any atom is -0.215 e. The number of hydrogen-bond donors (Lipinski definition) is 1. The minimum absolute atomic E-state index is 0.231. The Balaban J connectivity index is 2.36. The summed E-state index contributed by atoms with van der Waals surface area (Å²) in [5.74, 6) is 0.231. The first-order valence-electron chi connectivity index (χ1n) is 6.17. The Hall–Kier alpha value is -0.520. The average molecular weight is 287 g/mol. The quantitative estimate of drug-likeness (QED) is 0.748. The third-order valence-corrected chi connectivity index (χ3v) is 4.87. The molecule has 0 aromatic heterocycles. The monoisotopic (exact) mass is 287 g/mol. The van der Waals surface area contributed by atoms with Gasteiger partial charge in [0.15, 0.2) is 0 Å². The third-order valence-electron chi connectivity index (χ3n) is 2.66. The molecule has 1 rings (SSSR count). The Morgan fingerprint density at radius 3 is 2.44 bits per heavy atom. The predicted molar refractivity (Wildman–Crippen MR) is 78.6 cm³/mol. The lowest BCUT2D eigenvalue weighted by molar-refractivity contribution is 0.578. The van der Waals surface area contributed by atoms with Crippen LogP contribution in [-0.2, 0) is 16.4 Å². The first-order chi connectivity index (χ1) is 8.57. The second-order valence-electron chi connectivity index (χ2n) is 4.16. The van der Waals surface area contributed by atoms with Crippen LogP contribution in [0.25, 0.3) is 0 Å². The Kier molecular flexibility index (Phi) is 6.75. The lowest BCUT2D eigenvalue weighted by Gasteiger charge is -2.06. The molecule has 0 spiro atoms. The zero-order chi connectivity index (χ0) is 13.4. The molecule has 0 heterocycles. The van der Waals surface area contributed by atoms with Crippen LogP contribution in [0.1, 0.15) is 25.3 Å². The fraction of sp³-hybridized carbons (Fsp3) is 0.538. The van der Waals surface area contributed by atoms with Gasteiger partial charge in [0, 0.05) is 11.4 Å². The fourth-order valence-electron chi connectivity index (χ4n) is 1.55. The lowest BCUT2D eigenvalue weighted by Crippen LogP contribution is -2.28. The molecule has 3 nitrogen and oxygen atoms in total. The van der Waals surface area contributed by atoms with Crippen molar-refractivity contribution in [1.29, 1.82) is 0 Å². The highest BCUT2D eigenvalue weighted by Crippen LogP contribution is 2.14. The van der Waals surface area contributed by atoms with E-state index in [-0.39, 0.29) is 5.75 Å². The summed E-state index contributed by atoms with van der Waals surface area (Å²) in [7, 11) is -3.08. The van der Waals surface area contributed by atoms with Crippen LogP contribution in [0, 0.1) is 0 Å². The van der Waals surface area contributed by atoms with E-state index in [0.717, 1.165) is 24.8 Å². The van der Waals surface area contributed by atoms with Gasteiger partial charge in [0.05, 0.1) is 5.75 Å². The second-order valence-corrected chi connectivity index (χ2v) is 6.97. The average Bonchev–Trinajstić information content (AvgIpc) is 2.37. The Labute approximate surface area is 114 Å². The zero-order valence-electron chi connectivity index (χ0n) is 11.0. The molecule has 0 aliphatic rings. The number of nitrogens with one attached hydrogen (secondary N) is 1. The van der Waals surface area contributed by atoms with Crippen molar-refractivity contribution in [3.8, 4) is 0 Å². The first kappa shape index (κ1) is 15.5. The number of hydrogen-bond acceptors (Lipinski definition) is 3. The van der Waals surface area contributed by atoms with E-state index in [1.807, 2.05) is 25.3 Å². The molecule has 0 aliphatic carbocycles. The summed E-state index contributed by atoms with van der Waals surface area (Å²) >= 11 is 1.70. The van der Waals surface area contributed by atoms with Crippen LogP contribution < -0.4 is 4.72 Å². The van der Waals surface area contributed by atoms with Crippen molar-refractivity contribution in [2.45, 2.75) is 31.1 Å². The predicted octanol–water partition coefficient (Wildman–Crippen LogP) is 2.67. The van der Waals surface area contributed by atoms with Crippen LogP contribution in [0.5, 0.6) is 0 Å². The molecule has 1 N–H and O–H groups in total. The van der Waals surface area contributed by atoms with E-state index in [1.54, 1.807) is 11.8 Å². The van der Waals surface area contributed by atoms with Crippen molar-refractivity contribution in [2.24, 2.45) is 0 Å². The van der Waals surface area contributed by atoms with Gasteiger partial charge in [-0.1, -0.05) is 25.5 Å². The summed E-state index contributed by atoms with van der Waals surface area (Å²) in [5, 5.41) is 0. The van der Waals surface area contributed by atoms with Gasteiger partial charge in [0.25, 0.3) is 0 Å². The van der Waals surface area contributed by atoms with Gasteiger partial charge < -0.3 is 0 Å². The summed E-state index contributed by atoms with van der Waals surface area (Å²) in [6, 6.07) is 8.22. The molecule has 0 saturated carbocycles. The van der Waals surface area contributed by atoms with Crippen LogP contribution in [0.3, 0.4) is 0 Å². The molecule has 0 radical (unpaired) electrons. The molecule has 1 aromatic rings. The molecule has 18 heavy (non-hydrogen) atoms. The van der Waals surface area contributed by atoms with E-state index >= 15 is 0 Å². The van der Waals surface area contributed by atoms with Gasteiger partial charge in [-0.25, -0.2) is 13.1 Å². The van der Waals surface area contributed by atoms with E-state index in [1.165, 1.54) is 4.90 Å². The van der Waals surface area contributed by atoms with Crippen molar-refractivity contribution < 1.29 is 8.42 Å². The molecule has 0 atom stereocenters. The topological polar surface area (TPSA) is 46.2 Å². The number of benzene rings is 1. The molecule has 0 saturated heterocycles. The molecule has 0 aliphatic heterocycles. The maximum Gasteiger partial charge on any atom is 0.211 e. The van der Waals surface area contributed by atoms with Crippen molar-refractivity contribution in [1.82, 2.24) is 4.72 Å². The van der Waals surface area contributed by atoms with Gasteiger partial charge >= 0.3 is 0 Å². The Morgan fingerprint density at radius 1 is 1.22 bits per heavy atom. The zero-order valence-corrected chi connectivity index (χ0v) is 12.6. The number of sulfonamides is 1. The van der Waals surface area contributed by atoms with Crippen molar-refractivity contribution >= 4 is 21.8 Å². The summed E-state index contributed by atoms with van der Waals surface area (Å²) in [5.41, 5.74) is 1.16. The molecule has 0 fully saturated rings. The van der Waals surface area contributed by atoms with Gasteiger partial charge in [-0.3, -0.25) is 0 Å². The summed E-state index contributed by atoms with van der Waals surface area (Å²) < 4.78 is 25.8. The highest BCUT2D eigenvalue weighted by Gasteiger charge is 2.07. The van der Waals surface area contributed by atoms with E-state index in [4.69, 9.17) is 0 Å². The molecule has 0 bridgehead atoms. The molecule has 5 heteroatoms. The minimum atomic E-state index is -3.08. The summed E-state index contributed by atoms with van der Waals surface area (Å²) in [4.78, 5) is 1.22. The maximum absolute atomic E-state index is 11.6. The van der Waals surface area contributed by atoms with Crippen LogP contribution >= 0.6 is 11.8 Å². The number of thioether (sulfide) groups is 1. The normalized spacial score (nSPS) is 11.7. The van der Waals surface area contributed by atoms with Crippen LogP contribution in [-0.4, -0.2) is 27.0 Å². The van der Waals surface area contributed by atoms with E-state index in [2.05, 4.69) is 16.9 Å². The smallest absolute Gasteiger partial charge is 0.211 e. The number of rotatable bonds is 8. The standard InChI is InChI=1S/C13H21NO2S2/c1-3-4-11-18(15,16)14-10-9-12-5-7-13(17-2)8-6-12/h5-8,14H,3-4,9-11H2,1-2H3. The number of unbranched alkanes of at least 4 members (excludes halogenated alkanes) is 1. The van der Waals surface area contributed by atoms with E-state index in [0.29, 0.717) is 6.54 Å². The molecule has 0 amide bonds. The lowest BCUT2D eigenvalue weighted by atomic mass is 10.2. The highest BCUT2D eigenvalue weighted by atomic mass is 32.2. The van der Waals surface area contributed by atoms with Gasteiger partial charge in [-0.15, -0.1) is 11.8 Å². The van der Waals surface area contributed by atoms with Crippen molar-refractivity contribution in [3.63, 3.8) is 0 Å². The van der Waals surface area contributed by atoms with Gasteiger partial charge in [-0.05, 0) is 36.8 Å². The van der Waals surface area contributed by atoms with Gasteiger partial charge in [0.2, 0.25) is 10.0 Å². The van der Waals surface area contributed by atoms with Crippen molar-refractivity contribution in [2.75, 3.05) is 18.6 Å². The van der Waals surface area contributed by atoms with Crippen LogP contribution in [0.4, 0.5) is 0 Å². The fourth-order valence-corrected chi connectivity index (χ4v) is 3.18. The van der Waals surface area contributed by atoms with Crippen LogP contribution in [0.2, 0.25) is 0 Å². The Bertz CT molecular complexity index is 441. The Morgan fingerprint density at radius 2 is 1.89 bits per heavy atom. The molecule has 102 valence electrons. The first-order valence-corrected chi connectivity index (χ1v) is 9.05. The van der Waals surface area contributed by atoms with E-state index < -0.39 is 10.0 Å². The largest absolute Gasteiger partial charge is 0.215 e. The molecular formula is C13H21NO2S2. The highest BCUT2D eigenvalue weighted by molar-refractivity contribution is 7.98. The van der Waals surface area contributed by atoms with Gasteiger partial charge in [0.1, 0.15) is 0 Å². The van der Waals surface area contributed by atoms with Crippen molar-refractivity contribution in [3.05, 3.63) is 29.8 Å². The summed E-state index contributed by atoms with van der Waals surface area (Å²) in [6.07, 6.45) is 4.39. The molecule has 1 aromatic carbocycles.